The fraction of sp³-hybridized carbons (Fsp3) is 0.727. The number of hydrogen-bond donors (Lipinski definition) is 1. The molecule has 0 aromatic rings. The largest absolute Gasteiger partial charge is 0.494 e. The molecule has 2 bridgehead atoms. The van der Waals surface area contributed by atoms with E-state index in [1.165, 1.54) is 6.08 Å². The first-order valence-electron chi connectivity index (χ1n) is 4.97. The maximum absolute atomic E-state index is 11.6. The van der Waals surface area contributed by atoms with E-state index >= 15 is 0 Å². The van der Waals surface area contributed by atoms with Crippen molar-refractivity contribution < 1.29 is 14.6 Å². The molecular weight excluding hydrogens is 180 g/mol. The molecule has 14 heavy (non-hydrogen) atoms. The van der Waals surface area contributed by atoms with E-state index in [9.17, 15) is 9.90 Å². The van der Waals surface area contributed by atoms with Crippen molar-refractivity contribution >= 4 is 5.78 Å². The second kappa shape index (κ2) is 2.60. The number of rotatable bonds is 0. The van der Waals surface area contributed by atoms with Crippen LogP contribution >= 0.6 is 0 Å². The van der Waals surface area contributed by atoms with E-state index in [2.05, 4.69) is 13.8 Å². The lowest BCUT2D eigenvalue weighted by molar-refractivity contribution is -0.132. The highest BCUT2D eigenvalue weighted by Crippen LogP contribution is 2.45. The molecule has 2 rings (SSSR count). The number of carbonyl (C=O) groups excluding carboxylic acids is 1. The molecule has 3 nitrogen and oxygen atoms in total. The number of carbonyl (C=O) groups is 1. The van der Waals surface area contributed by atoms with Gasteiger partial charge in [-0.15, -0.1) is 0 Å². The minimum atomic E-state index is -1.25. The minimum absolute atomic E-state index is 0.0160. The lowest BCUT2D eigenvalue weighted by atomic mass is 9.80. The number of fused-ring (bicyclic) bond motifs is 2. The highest BCUT2D eigenvalue weighted by Gasteiger charge is 2.46. The van der Waals surface area contributed by atoms with Gasteiger partial charge in [-0.1, -0.05) is 13.8 Å². The molecule has 0 aliphatic carbocycles. The summed E-state index contributed by atoms with van der Waals surface area (Å²) in [5.41, 5.74) is -1.31. The minimum Gasteiger partial charge on any atom is -0.494 e. The summed E-state index contributed by atoms with van der Waals surface area (Å²) >= 11 is 0. The van der Waals surface area contributed by atoms with Gasteiger partial charge in [-0.05, 0) is 13.3 Å². The van der Waals surface area contributed by atoms with Crippen molar-refractivity contribution in [2.45, 2.75) is 45.3 Å². The van der Waals surface area contributed by atoms with Crippen molar-refractivity contribution in [1.29, 1.82) is 0 Å². The van der Waals surface area contributed by atoms with E-state index in [0.717, 1.165) is 12.2 Å². The average molecular weight is 196 g/mol. The number of hydrogen-bond acceptors (Lipinski definition) is 3. The second-order valence-corrected chi connectivity index (χ2v) is 5.18. The molecule has 0 unspecified atom stereocenters. The van der Waals surface area contributed by atoms with Crippen molar-refractivity contribution in [2.24, 2.45) is 5.41 Å². The molecule has 2 aliphatic heterocycles. The Kier molecular flexibility index (Phi) is 1.80. The van der Waals surface area contributed by atoms with E-state index in [4.69, 9.17) is 4.74 Å². The van der Waals surface area contributed by atoms with Crippen LogP contribution in [-0.4, -0.2) is 22.6 Å². The SMILES string of the molecule is CC1(C)C[C@@H]2C[C@](C)(O)C(=O)C=C1O2. The molecule has 0 saturated carbocycles. The van der Waals surface area contributed by atoms with Gasteiger partial charge in [0.25, 0.3) is 0 Å². The van der Waals surface area contributed by atoms with Crippen LogP contribution in [0.4, 0.5) is 0 Å². The molecule has 1 N–H and O–H groups in total. The zero-order chi connectivity index (χ0) is 10.6. The monoisotopic (exact) mass is 196 g/mol. The summed E-state index contributed by atoms with van der Waals surface area (Å²) in [5.74, 6) is 0.494. The van der Waals surface area contributed by atoms with E-state index in [-0.39, 0.29) is 17.3 Å². The van der Waals surface area contributed by atoms with Gasteiger partial charge in [0, 0.05) is 17.9 Å². The first kappa shape index (κ1) is 9.71. The molecule has 0 radical (unpaired) electrons. The summed E-state index contributed by atoms with van der Waals surface area (Å²) in [5, 5.41) is 9.84. The number of ether oxygens (including phenoxy) is 1. The van der Waals surface area contributed by atoms with Gasteiger partial charge in [0.2, 0.25) is 0 Å². The maximum atomic E-state index is 11.6. The first-order valence-corrected chi connectivity index (χ1v) is 4.97. The van der Waals surface area contributed by atoms with Gasteiger partial charge in [-0.3, -0.25) is 4.79 Å². The fourth-order valence-corrected chi connectivity index (χ4v) is 2.21. The van der Waals surface area contributed by atoms with Gasteiger partial charge in [-0.25, -0.2) is 0 Å². The van der Waals surface area contributed by atoms with Gasteiger partial charge >= 0.3 is 0 Å². The second-order valence-electron chi connectivity index (χ2n) is 5.18. The molecule has 0 spiro atoms. The predicted molar refractivity (Wildman–Crippen MR) is 51.6 cm³/mol. The van der Waals surface area contributed by atoms with Crippen LogP contribution in [0.3, 0.4) is 0 Å². The molecule has 78 valence electrons. The van der Waals surface area contributed by atoms with E-state index in [0.29, 0.717) is 6.42 Å². The van der Waals surface area contributed by atoms with Crippen molar-refractivity contribution in [1.82, 2.24) is 0 Å². The molecule has 0 aromatic heterocycles. The van der Waals surface area contributed by atoms with Gasteiger partial charge in [-0.2, -0.15) is 0 Å². The van der Waals surface area contributed by atoms with Crippen LogP contribution in [0.25, 0.3) is 0 Å². The Labute approximate surface area is 83.8 Å². The highest BCUT2D eigenvalue weighted by atomic mass is 16.5. The Morgan fingerprint density at radius 2 is 2.07 bits per heavy atom. The molecular formula is C11H16O3. The van der Waals surface area contributed by atoms with E-state index < -0.39 is 5.60 Å². The normalized spacial score (nSPS) is 40.1. The smallest absolute Gasteiger partial charge is 0.190 e. The van der Waals surface area contributed by atoms with E-state index in [1.54, 1.807) is 6.92 Å². The zero-order valence-electron chi connectivity index (χ0n) is 8.83. The van der Waals surface area contributed by atoms with Crippen LogP contribution in [0, 0.1) is 5.41 Å². The first-order chi connectivity index (χ1) is 6.31. The standard InChI is InChI=1S/C11H16O3/c1-10(2)5-7-6-11(3,13)8(12)4-9(10)14-7/h4,7,13H,5-6H2,1-3H3/t7-,11+/m1/s1. The van der Waals surface area contributed by atoms with Gasteiger partial charge in [0.05, 0.1) is 0 Å². The van der Waals surface area contributed by atoms with Crippen molar-refractivity contribution in [3.63, 3.8) is 0 Å². The maximum Gasteiger partial charge on any atom is 0.190 e. The lowest BCUT2D eigenvalue weighted by Crippen LogP contribution is -2.37. The van der Waals surface area contributed by atoms with Crippen LogP contribution in [0.15, 0.2) is 11.8 Å². The van der Waals surface area contributed by atoms with Gasteiger partial charge in [0.1, 0.15) is 17.5 Å². The quantitative estimate of drug-likeness (QED) is 0.637. The molecule has 2 heterocycles. The third-order valence-corrected chi connectivity index (χ3v) is 3.12. The zero-order valence-corrected chi connectivity index (χ0v) is 8.83. The molecule has 3 heteroatoms. The van der Waals surface area contributed by atoms with Crippen LogP contribution < -0.4 is 0 Å². The van der Waals surface area contributed by atoms with Crippen LogP contribution in [0.5, 0.6) is 0 Å². The highest BCUT2D eigenvalue weighted by molar-refractivity contribution is 5.97. The predicted octanol–water partition coefficient (Wildman–Crippen LogP) is 1.41. The van der Waals surface area contributed by atoms with Gasteiger partial charge in [0.15, 0.2) is 5.78 Å². The summed E-state index contributed by atoms with van der Waals surface area (Å²) in [6.07, 6.45) is 2.72. The van der Waals surface area contributed by atoms with Crippen molar-refractivity contribution in [3.05, 3.63) is 11.8 Å². The molecule has 0 aromatic carbocycles. The fourth-order valence-electron chi connectivity index (χ4n) is 2.21. The van der Waals surface area contributed by atoms with Crippen molar-refractivity contribution in [3.8, 4) is 0 Å². The van der Waals surface area contributed by atoms with Crippen molar-refractivity contribution in [2.75, 3.05) is 0 Å². The Morgan fingerprint density at radius 1 is 1.43 bits per heavy atom. The van der Waals surface area contributed by atoms with Gasteiger partial charge < -0.3 is 9.84 Å². The van der Waals surface area contributed by atoms with Crippen LogP contribution in [0.1, 0.15) is 33.6 Å². The summed E-state index contributed by atoms with van der Waals surface area (Å²) in [6.45, 7) is 5.68. The summed E-state index contributed by atoms with van der Waals surface area (Å²) in [7, 11) is 0. The lowest BCUT2D eigenvalue weighted by Gasteiger charge is -2.23. The summed E-state index contributed by atoms with van der Waals surface area (Å²) in [4.78, 5) is 11.6. The third-order valence-electron chi connectivity index (χ3n) is 3.12. The molecule has 2 atom stereocenters. The average Bonchev–Trinajstić information content (AvgIpc) is 2.18. The molecule has 1 saturated heterocycles. The third kappa shape index (κ3) is 1.36. The van der Waals surface area contributed by atoms with Crippen LogP contribution in [0.2, 0.25) is 0 Å². The molecule has 2 aliphatic rings. The Balaban J connectivity index is 2.40. The topological polar surface area (TPSA) is 46.5 Å². The number of aliphatic hydroxyl groups is 1. The number of ketones is 1. The Hall–Kier alpha value is -0.830. The summed E-state index contributed by atoms with van der Waals surface area (Å²) in [6, 6.07) is 0. The Morgan fingerprint density at radius 3 is 2.71 bits per heavy atom. The van der Waals surface area contributed by atoms with E-state index in [1.807, 2.05) is 0 Å². The summed E-state index contributed by atoms with van der Waals surface area (Å²) < 4.78 is 5.62. The van der Waals surface area contributed by atoms with Crippen LogP contribution in [-0.2, 0) is 9.53 Å². The number of allylic oxidation sites excluding steroid dienone is 1. The molecule has 1 fully saturated rings. The molecule has 0 amide bonds. The Bertz CT molecular complexity index is 310.